The molecule has 2 aliphatic rings. The summed E-state index contributed by atoms with van der Waals surface area (Å²) < 4.78 is 5.57. The Bertz CT molecular complexity index is 966. The minimum absolute atomic E-state index is 0.0178. The van der Waals surface area contributed by atoms with Crippen molar-refractivity contribution < 1.29 is 19.1 Å². The smallest absolute Gasteiger partial charge is 0.260 e. The third-order valence-corrected chi connectivity index (χ3v) is 6.95. The lowest BCUT2D eigenvalue weighted by Gasteiger charge is -2.38. The lowest BCUT2D eigenvalue weighted by molar-refractivity contribution is -0.145. The van der Waals surface area contributed by atoms with Crippen molar-refractivity contribution in [3.05, 3.63) is 66.2 Å². The van der Waals surface area contributed by atoms with Gasteiger partial charge in [-0.25, -0.2) is 0 Å². The highest BCUT2D eigenvalue weighted by Crippen LogP contribution is 2.21. The molecule has 2 saturated heterocycles. The third-order valence-electron chi connectivity index (χ3n) is 6.95. The highest BCUT2D eigenvalue weighted by Gasteiger charge is 2.32. The molecule has 2 fully saturated rings. The van der Waals surface area contributed by atoms with Crippen molar-refractivity contribution in [1.29, 1.82) is 0 Å². The molecule has 35 heavy (non-hydrogen) atoms. The second-order valence-electron chi connectivity index (χ2n) is 9.30. The van der Waals surface area contributed by atoms with Gasteiger partial charge in [-0.3, -0.25) is 14.4 Å². The Balaban J connectivity index is 1.13. The first-order valence-electron chi connectivity index (χ1n) is 12.7. The van der Waals surface area contributed by atoms with Crippen molar-refractivity contribution in [2.24, 2.45) is 5.92 Å². The topological polar surface area (TPSA) is 70.2 Å². The Morgan fingerprint density at radius 3 is 1.94 bits per heavy atom. The van der Waals surface area contributed by atoms with Crippen LogP contribution in [0.3, 0.4) is 0 Å². The first-order chi connectivity index (χ1) is 17.1. The first-order valence-corrected chi connectivity index (χ1v) is 12.7. The van der Waals surface area contributed by atoms with E-state index in [4.69, 9.17) is 4.74 Å². The van der Waals surface area contributed by atoms with E-state index >= 15 is 0 Å². The molecule has 186 valence electrons. The van der Waals surface area contributed by atoms with Gasteiger partial charge in [-0.2, -0.15) is 0 Å². The van der Waals surface area contributed by atoms with Gasteiger partial charge in [-0.05, 0) is 43.4 Å². The zero-order valence-corrected chi connectivity index (χ0v) is 20.3. The van der Waals surface area contributed by atoms with E-state index in [1.165, 1.54) is 5.56 Å². The number of hydrogen-bond donors (Lipinski definition) is 0. The van der Waals surface area contributed by atoms with Crippen LogP contribution >= 0.6 is 0 Å². The Hall–Kier alpha value is -3.35. The minimum Gasteiger partial charge on any atom is -0.484 e. The van der Waals surface area contributed by atoms with Crippen LogP contribution in [0.4, 0.5) is 0 Å². The molecule has 0 N–H and O–H groups in total. The quantitative estimate of drug-likeness (QED) is 0.586. The fourth-order valence-corrected chi connectivity index (χ4v) is 4.81. The Kier molecular flexibility index (Phi) is 8.76. The van der Waals surface area contributed by atoms with Crippen LogP contribution in [0.2, 0.25) is 0 Å². The van der Waals surface area contributed by atoms with Crippen molar-refractivity contribution in [3.63, 3.8) is 0 Å². The molecular formula is C28H35N3O4. The van der Waals surface area contributed by atoms with E-state index in [-0.39, 0.29) is 30.2 Å². The second kappa shape index (κ2) is 12.4. The van der Waals surface area contributed by atoms with Crippen LogP contribution in [0.1, 0.15) is 31.2 Å². The zero-order valence-electron chi connectivity index (χ0n) is 20.3. The number of hydrogen-bond acceptors (Lipinski definition) is 4. The molecule has 0 aliphatic carbocycles. The van der Waals surface area contributed by atoms with Crippen LogP contribution in [-0.2, 0) is 20.8 Å². The summed E-state index contributed by atoms with van der Waals surface area (Å²) >= 11 is 0. The number of para-hydroxylation sites is 1. The van der Waals surface area contributed by atoms with Gasteiger partial charge in [-0.1, -0.05) is 48.5 Å². The molecule has 0 radical (unpaired) electrons. The van der Waals surface area contributed by atoms with Crippen LogP contribution in [-0.4, -0.2) is 78.3 Å². The SMILES string of the molecule is O=C(CCCc1ccccc1)N1CCN(C(=O)C2CCN(C(=O)COc3ccccc3)CC2)CC1. The Labute approximate surface area is 207 Å². The van der Waals surface area contributed by atoms with E-state index < -0.39 is 0 Å². The molecule has 3 amide bonds. The normalized spacial score (nSPS) is 16.7. The van der Waals surface area contributed by atoms with Crippen LogP contribution in [0.5, 0.6) is 5.75 Å². The predicted molar refractivity (Wildman–Crippen MR) is 134 cm³/mol. The van der Waals surface area contributed by atoms with E-state index in [0.717, 1.165) is 12.8 Å². The van der Waals surface area contributed by atoms with Gasteiger partial charge in [0.2, 0.25) is 11.8 Å². The molecule has 2 aliphatic heterocycles. The van der Waals surface area contributed by atoms with Crippen LogP contribution in [0.25, 0.3) is 0 Å². The summed E-state index contributed by atoms with van der Waals surface area (Å²) in [5.74, 6) is 0.924. The van der Waals surface area contributed by atoms with Crippen molar-refractivity contribution in [2.45, 2.75) is 32.1 Å². The summed E-state index contributed by atoms with van der Waals surface area (Å²) in [6, 6.07) is 19.5. The number of likely N-dealkylation sites (tertiary alicyclic amines) is 1. The number of benzene rings is 2. The highest BCUT2D eigenvalue weighted by molar-refractivity contribution is 5.81. The number of carbonyl (C=O) groups excluding carboxylic acids is 3. The second-order valence-corrected chi connectivity index (χ2v) is 9.30. The van der Waals surface area contributed by atoms with E-state index in [9.17, 15) is 14.4 Å². The van der Waals surface area contributed by atoms with E-state index in [1.54, 1.807) is 4.90 Å². The van der Waals surface area contributed by atoms with E-state index in [2.05, 4.69) is 12.1 Å². The summed E-state index contributed by atoms with van der Waals surface area (Å²) in [6.07, 6.45) is 3.65. The largest absolute Gasteiger partial charge is 0.484 e. The summed E-state index contributed by atoms with van der Waals surface area (Å²) in [6.45, 7) is 3.55. The Morgan fingerprint density at radius 2 is 1.29 bits per heavy atom. The van der Waals surface area contributed by atoms with Crippen molar-refractivity contribution in [2.75, 3.05) is 45.9 Å². The number of piperidine rings is 1. The van der Waals surface area contributed by atoms with Gasteiger partial charge in [-0.15, -0.1) is 0 Å². The summed E-state index contributed by atoms with van der Waals surface area (Å²) in [5.41, 5.74) is 1.26. The standard InChI is InChI=1S/C28H35N3O4/c32-26(13-7-10-23-8-3-1-4-9-23)30-18-20-31(21-19-30)28(34)24-14-16-29(17-15-24)27(33)22-35-25-11-5-2-6-12-25/h1-6,8-9,11-12,24H,7,10,13-22H2. The molecule has 7 nitrogen and oxygen atoms in total. The maximum Gasteiger partial charge on any atom is 0.260 e. The molecule has 2 aromatic carbocycles. The molecule has 0 saturated carbocycles. The zero-order chi connectivity index (χ0) is 24.5. The monoisotopic (exact) mass is 477 g/mol. The van der Waals surface area contributed by atoms with Gasteiger partial charge in [0.25, 0.3) is 5.91 Å². The highest BCUT2D eigenvalue weighted by atomic mass is 16.5. The van der Waals surface area contributed by atoms with Crippen molar-refractivity contribution >= 4 is 17.7 Å². The Morgan fingerprint density at radius 1 is 0.714 bits per heavy atom. The molecule has 0 atom stereocenters. The molecule has 0 bridgehead atoms. The maximum atomic E-state index is 13.0. The van der Waals surface area contributed by atoms with Crippen LogP contribution < -0.4 is 4.74 Å². The molecule has 0 aromatic heterocycles. The third kappa shape index (κ3) is 7.07. The molecule has 0 unspecified atom stereocenters. The predicted octanol–water partition coefficient (Wildman–Crippen LogP) is 3.00. The molecule has 0 spiro atoms. The molecule has 7 heteroatoms. The fourth-order valence-electron chi connectivity index (χ4n) is 4.81. The number of aryl methyl sites for hydroxylation is 1. The van der Waals surface area contributed by atoms with Gasteiger partial charge in [0.15, 0.2) is 6.61 Å². The summed E-state index contributed by atoms with van der Waals surface area (Å²) in [5, 5.41) is 0. The number of piperazine rings is 1. The maximum absolute atomic E-state index is 13.0. The van der Waals surface area contributed by atoms with Gasteiger partial charge in [0.05, 0.1) is 0 Å². The van der Waals surface area contributed by atoms with Gasteiger partial charge in [0.1, 0.15) is 5.75 Å². The molecular weight excluding hydrogens is 442 g/mol. The van der Waals surface area contributed by atoms with Crippen molar-refractivity contribution in [3.8, 4) is 5.75 Å². The number of rotatable bonds is 8. The summed E-state index contributed by atoms with van der Waals surface area (Å²) in [4.78, 5) is 43.7. The molecule has 2 heterocycles. The van der Waals surface area contributed by atoms with Gasteiger partial charge in [0, 0.05) is 51.6 Å². The lowest BCUT2D eigenvalue weighted by atomic mass is 9.95. The lowest BCUT2D eigenvalue weighted by Crippen LogP contribution is -2.53. The van der Waals surface area contributed by atoms with Crippen LogP contribution in [0.15, 0.2) is 60.7 Å². The fraction of sp³-hybridized carbons (Fsp3) is 0.464. The minimum atomic E-state index is -0.0535. The molecule has 4 rings (SSSR count). The van der Waals surface area contributed by atoms with E-state index in [0.29, 0.717) is 64.3 Å². The average Bonchev–Trinajstić information content (AvgIpc) is 2.92. The molecule has 2 aromatic rings. The summed E-state index contributed by atoms with van der Waals surface area (Å²) in [7, 11) is 0. The van der Waals surface area contributed by atoms with Crippen LogP contribution in [0, 0.1) is 5.92 Å². The average molecular weight is 478 g/mol. The van der Waals surface area contributed by atoms with Crippen molar-refractivity contribution in [1.82, 2.24) is 14.7 Å². The van der Waals surface area contributed by atoms with Gasteiger partial charge >= 0.3 is 0 Å². The van der Waals surface area contributed by atoms with E-state index in [1.807, 2.05) is 58.3 Å². The number of carbonyl (C=O) groups is 3. The first kappa shape index (κ1) is 24.8. The number of ether oxygens (including phenoxy) is 1. The van der Waals surface area contributed by atoms with Gasteiger partial charge < -0.3 is 19.4 Å². The number of amides is 3. The number of nitrogens with zero attached hydrogens (tertiary/aromatic N) is 3.